The highest BCUT2D eigenvalue weighted by Crippen LogP contribution is 2.42. The van der Waals surface area contributed by atoms with Gasteiger partial charge in [0.05, 0.1) is 5.75 Å². The van der Waals surface area contributed by atoms with Gasteiger partial charge in [-0.25, -0.2) is 0 Å². The molecule has 3 aromatic rings. The van der Waals surface area contributed by atoms with E-state index in [0.29, 0.717) is 28.5 Å². The first-order valence-corrected chi connectivity index (χ1v) is 10.9. The number of rotatable bonds is 4. The molecule has 2 heterocycles. The first-order valence-electron chi connectivity index (χ1n) is 9.90. The van der Waals surface area contributed by atoms with Crippen LogP contribution in [0.3, 0.4) is 0 Å². The molecule has 0 saturated carbocycles. The van der Waals surface area contributed by atoms with Gasteiger partial charge in [0.1, 0.15) is 5.37 Å². The summed E-state index contributed by atoms with van der Waals surface area (Å²) < 4.78 is 10.6. The molecule has 2 aliphatic heterocycles. The highest BCUT2D eigenvalue weighted by atomic mass is 32.2. The Kier molecular flexibility index (Phi) is 5.03. The number of benzene rings is 3. The van der Waals surface area contributed by atoms with Crippen molar-refractivity contribution in [3.63, 3.8) is 0 Å². The highest BCUT2D eigenvalue weighted by Gasteiger charge is 2.34. The molecule has 2 amide bonds. The van der Waals surface area contributed by atoms with Crippen LogP contribution in [0.4, 0.5) is 11.4 Å². The quantitative estimate of drug-likeness (QED) is 0.644. The number of amides is 2. The molecule has 0 bridgehead atoms. The summed E-state index contributed by atoms with van der Waals surface area (Å²) in [5, 5.41) is 2.81. The third kappa shape index (κ3) is 3.84. The van der Waals surface area contributed by atoms with Crippen molar-refractivity contribution in [3.8, 4) is 11.5 Å². The molecule has 0 aromatic heterocycles. The number of aryl methyl sites for hydroxylation is 1. The molecule has 1 atom stereocenters. The molecule has 1 fully saturated rings. The molecule has 5 rings (SSSR count). The first-order chi connectivity index (χ1) is 15.1. The van der Waals surface area contributed by atoms with Crippen LogP contribution in [0.15, 0.2) is 66.7 Å². The zero-order valence-corrected chi connectivity index (χ0v) is 17.6. The lowest BCUT2D eigenvalue weighted by Crippen LogP contribution is -2.27. The standard InChI is InChI=1S/C24H20N2O4S/c1-15-3-2-4-19(11-15)26-22(27)13-31-24(26)16-5-8-18(9-6-16)25-23(28)17-7-10-20-21(12-17)30-14-29-20/h2-12,24H,13-14H2,1H3,(H,25,28). The Labute approximate surface area is 184 Å². The van der Waals surface area contributed by atoms with Crippen LogP contribution in [0.5, 0.6) is 11.5 Å². The van der Waals surface area contributed by atoms with E-state index < -0.39 is 0 Å². The molecule has 1 saturated heterocycles. The van der Waals surface area contributed by atoms with Gasteiger partial charge in [0.25, 0.3) is 5.91 Å². The summed E-state index contributed by atoms with van der Waals surface area (Å²) in [6, 6.07) is 20.7. The molecule has 2 aliphatic rings. The number of thioether (sulfide) groups is 1. The molecule has 0 aliphatic carbocycles. The molecular formula is C24H20N2O4S. The average molecular weight is 433 g/mol. The molecular weight excluding hydrogens is 412 g/mol. The lowest BCUT2D eigenvalue weighted by Gasteiger charge is -2.25. The number of hydrogen-bond donors (Lipinski definition) is 1. The van der Waals surface area contributed by atoms with Gasteiger partial charge in [-0.2, -0.15) is 0 Å². The average Bonchev–Trinajstić information content (AvgIpc) is 3.40. The monoisotopic (exact) mass is 432 g/mol. The fourth-order valence-corrected chi connectivity index (χ4v) is 4.88. The third-order valence-electron chi connectivity index (χ3n) is 5.24. The van der Waals surface area contributed by atoms with E-state index >= 15 is 0 Å². The van der Waals surface area contributed by atoms with Crippen molar-refractivity contribution in [2.45, 2.75) is 12.3 Å². The smallest absolute Gasteiger partial charge is 0.255 e. The van der Waals surface area contributed by atoms with Crippen molar-refractivity contribution < 1.29 is 19.1 Å². The van der Waals surface area contributed by atoms with Gasteiger partial charge in [0.2, 0.25) is 12.7 Å². The minimum absolute atomic E-state index is 0.0899. The fourth-order valence-electron chi connectivity index (χ4n) is 3.70. The van der Waals surface area contributed by atoms with Crippen molar-refractivity contribution in [2.75, 3.05) is 22.8 Å². The van der Waals surface area contributed by atoms with Gasteiger partial charge in [0, 0.05) is 16.9 Å². The van der Waals surface area contributed by atoms with Crippen LogP contribution in [-0.2, 0) is 4.79 Å². The van der Waals surface area contributed by atoms with Crippen molar-refractivity contribution in [3.05, 3.63) is 83.4 Å². The molecule has 0 radical (unpaired) electrons. The van der Waals surface area contributed by atoms with Crippen molar-refractivity contribution >= 4 is 35.0 Å². The Bertz CT molecular complexity index is 1160. The second-order valence-corrected chi connectivity index (χ2v) is 8.48. The van der Waals surface area contributed by atoms with E-state index in [9.17, 15) is 9.59 Å². The highest BCUT2D eigenvalue weighted by molar-refractivity contribution is 8.00. The van der Waals surface area contributed by atoms with Crippen LogP contribution >= 0.6 is 11.8 Å². The van der Waals surface area contributed by atoms with Gasteiger partial charge in [-0.1, -0.05) is 24.3 Å². The van der Waals surface area contributed by atoms with Gasteiger partial charge in [0.15, 0.2) is 11.5 Å². The van der Waals surface area contributed by atoms with Gasteiger partial charge in [-0.15, -0.1) is 11.8 Å². The van der Waals surface area contributed by atoms with E-state index in [4.69, 9.17) is 9.47 Å². The molecule has 7 heteroatoms. The SMILES string of the molecule is Cc1cccc(N2C(=O)CSC2c2ccc(NC(=O)c3ccc4c(c3)OCO4)cc2)c1. The van der Waals surface area contributed by atoms with E-state index in [0.717, 1.165) is 16.8 Å². The molecule has 6 nitrogen and oxygen atoms in total. The summed E-state index contributed by atoms with van der Waals surface area (Å²) in [5.74, 6) is 1.53. The minimum atomic E-state index is -0.224. The van der Waals surface area contributed by atoms with Crippen molar-refractivity contribution in [1.82, 2.24) is 0 Å². The van der Waals surface area contributed by atoms with E-state index in [1.807, 2.05) is 60.4 Å². The zero-order chi connectivity index (χ0) is 21.4. The van der Waals surface area contributed by atoms with Crippen LogP contribution < -0.4 is 19.7 Å². The van der Waals surface area contributed by atoms with Crippen LogP contribution in [0.25, 0.3) is 0 Å². The fraction of sp³-hybridized carbons (Fsp3) is 0.167. The normalized spacial score (nSPS) is 17.1. The molecule has 3 aromatic carbocycles. The van der Waals surface area contributed by atoms with Crippen LogP contribution in [0.2, 0.25) is 0 Å². The van der Waals surface area contributed by atoms with Gasteiger partial charge < -0.3 is 14.8 Å². The third-order valence-corrected chi connectivity index (χ3v) is 6.45. The van der Waals surface area contributed by atoms with E-state index in [-0.39, 0.29) is 24.0 Å². The number of fused-ring (bicyclic) bond motifs is 1. The maximum Gasteiger partial charge on any atom is 0.255 e. The van der Waals surface area contributed by atoms with E-state index in [1.165, 1.54) is 0 Å². The topological polar surface area (TPSA) is 67.9 Å². The van der Waals surface area contributed by atoms with Gasteiger partial charge in [-0.3, -0.25) is 14.5 Å². The lowest BCUT2D eigenvalue weighted by atomic mass is 10.1. The number of carbonyl (C=O) groups is 2. The predicted molar refractivity (Wildman–Crippen MR) is 121 cm³/mol. The molecule has 156 valence electrons. The predicted octanol–water partition coefficient (Wildman–Crippen LogP) is 4.75. The van der Waals surface area contributed by atoms with Crippen LogP contribution in [0, 0.1) is 6.92 Å². The molecule has 0 spiro atoms. The summed E-state index contributed by atoms with van der Waals surface area (Å²) in [4.78, 5) is 27.0. The number of carbonyl (C=O) groups excluding carboxylic acids is 2. The summed E-state index contributed by atoms with van der Waals surface area (Å²) >= 11 is 1.60. The Hall–Kier alpha value is -3.45. The number of ether oxygens (including phenoxy) is 2. The van der Waals surface area contributed by atoms with Gasteiger partial charge >= 0.3 is 0 Å². The van der Waals surface area contributed by atoms with E-state index in [1.54, 1.807) is 30.0 Å². The van der Waals surface area contributed by atoms with Crippen molar-refractivity contribution in [2.24, 2.45) is 0 Å². The Morgan fingerprint density at radius 2 is 1.84 bits per heavy atom. The van der Waals surface area contributed by atoms with E-state index in [2.05, 4.69) is 5.32 Å². The summed E-state index contributed by atoms with van der Waals surface area (Å²) in [6.45, 7) is 2.19. The number of nitrogens with zero attached hydrogens (tertiary/aromatic N) is 1. The van der Waals surface area contributed by atoms with Crippen molar-refractivity contribution in [1.29, 1.82) is 0 Å². The second kappa shape index (κ2) is 8.00. The maximum absolute atomic E-state index is 12.6. The lowest BCUT2D eigenvalue weighted by molar-refractivity contribution is -0.115. The van der Waals surface area contributed by atoms with Crippen LogP contribution in [-0.4, -0.2) is 24.4 Å². The Morgan fingerprint density at radius 1 is 1.03 bits per heavy atom. The number of hydrogen-bond acceptors (Lipinski definition) is 5. The van der Waals surface area contributed by atoms with Crippen LogP contribution in [0.1, 0.15) is 26.9 Å². The summed E-state index contributed by atoms with van der Waals surface area (Å²) in [6.07, 6.45) is 0. The first kappa shape index (κ1) is 19.5. The molecule has 1 unspecified atom stereocenters. The largest absolute Gasteiger partial charge is 0.454 e. The maximum atomic E-state index is 12.6. The summed E-state index contributed by atoms with van der Waals surface area (Å²) in [7, 11) is 0. The molecule has 1 N–H and O–H groups in total. The summed E-state index contributed by atoms with van der Waals surface area (Å²) in [5.41, 5.74) is 4.21. The number of nitrogens with one attached hydrogen (secondary N) is 1. The Morgan fingerprint density at radius 3 is 2.65 bits per heavy atom. The minimum Gasteiger partial charge on any atom is -0.454 e. The molecule has 31 heavy (non-hydrogen) atoms. The number of anilines is 2. The van der Waals surface area contributed by atoms with Gasteiger partial charge in [-0.05, 0) is 60.5 Å². The Balaban J connectivity index is 1.32. The second-order valence-electron chi connectivity index (χ2n) is 7.41. The zero-order valence-electron chi connectivity index (χ0n) is 16.8.